The van der Waals surface area contributed by atoms with Crippen LogP contribution in [0.3, 0.4) is 0 Å². The van der Waals surface area contributed by atoms with Gasteiger partial charge in [-0.1, -0.05) is 6.07 Å². The quantitative estimate of drug-likeness (QED) is 0.619. The molecule has 0 unspecified atom stereocenters. The number of benzene rings is 1. The van der Waals surface area contributed by atoms with Crippen LogP contribution < -0.4 is 39.2 Å². The summed E-state index contributed by atoms with van der Waals surface area (Å²) < 4.78 is 39.8. The molecule has 1 fully saturated rings. The fourth-order valence-corrected chi connectivity index (χ4v) is 7.10. The predicted molar refractivity (Wildman–Crippen MR) is 133 cm³/mol. The van der Waals surface area contributed by atoms with Crippen LogP contribution in [0.15, 0.2) is 12.1 Å². The van der Waals surface area contributed by atoms with Gasteiger partial charge in [-0.05, 0) is 99.2 Å². The van der Waals surface area contributed by atoms with E-state index in [0.717, 1.165) is 66.7 Å². The summed E-state index contributed by atoms with van der Waals surface area (Å²) in [7, 11) is -2.36. The Kier molecular flexibility index (Phi) is 7.93. The van der Waals surface area contributed by atoms with Crippen molar-refractivity contribution in [2.45, 2.75) is 71.3 Å². The average molecular weight is 509 g/mol. The van der Waals surface area contributed by atoms with Gasteiger partial charge in [0.05, 0.1) is 5.69 Å². The second kappa shape index (κ2) is 10.5. The zero-order chi connectivity index (χ0) is 24.0. The van der Waals surface area contributed by atoms with Gasteiger partial charge < -0.3 is 19.3 Å². The third-order valence-corrected chi connectivity index (χ3v) is 9.05. The van der Waals surface area contributed by atoms with Gasteiger partial charge in [-0.2, -0.15) is 0 Å². The molecule has 1 aromatic heterocycles. The molecule has 35 heavy (non-hydrogen) atoms. The molecule has 0 saturated carbocycles. The van der Waals surface area contributed by atoms with Crippen molar-refractivity contribution in [2.24, 2.45) is 7.05 Å². The topological polar surface area (TPSA) is 94.7 Å². The maximum absolute atomic E-state index is 13.6. The summed E-state index contributed by atoms with van der Waals surface area (Å²) in [5.74, 6) is 0. The van der Waals surface area contributed by atoms with Gasteiger partial charge in [0, 0.05) is 37.7 Å². The standard InChI is InChI=1S/C25H34N4O4S.Na/c1-16-14-23(17(2)28(16)3)29(20-10-12-33-13-11-20)34(31,32)27-25(30)26-24-21-8-4-6-18(21)15-19-7-5-9-22(19)24;/h14-15,20H,4-13H2,1-3H3,(H2,26,27,30);/q;+1/p-1. The Morgan fingerprint density at radius 2 is 1.66 bits per heavy atom. The first kappa shape index (κ1) is 26.5. The van der Waals surface area contributed by atoms with Crippen molar-refractivity contribution in [3.63, 3.8) is 0 Å². The Labute approximate surface area is 230 Å². The van der Waals surface area contributed by atoms with E-state index in [-0.39, 0.29) is 35.6 Å². The molecule has 2 amide bonds. The van der Waals surface area contributed by atoms with E-state index in [1.54, 1.807) is 0 Å². The summed E-state index contributed by atoms with van der Waals surface area (Å²) in [5, 5.41) is 2.90. The molecule has 8 nitrogen and oxygen atoms in total. The fraction of sp³-hybridized carbons (Fsp3) is 0.560. The van der Waals surface area contributed by atoms with Crippen LogP contribution in [0.25, 0.3) is 4.72 Å². The van der Waals surface area contributed by atoms with Crippen LogP contribution in [0.4, 0.5) is 16.2 Å². The number of ether oxygens (including phenoxy) is 1. The van der Waals surface area contributed by atoms with Crippen molar-refractivity contribution in [2.75, 3.05) is 22.8 Å². The number of nitrogens with one attached hydrogen (secondary N) is 1. The number of rotatable bonds is 5. The molecule has 0 spiro atoms. The molecule has 0 bridgehead atoms. The molecule has 184 valence electrons. The number of urea groups is 1. The van der Waals surface area contributed by atoms with E-state index in [2.05, 4.69) is 16.1 Å². The molecule has 2 heterocycles. The second-order valence-electron chi connectivity index (χ2n) is 9.69. The maximum atomic E-state index is 13.6. The SMILES string of the molecule is Cc1cc(N(C2CCOCC2)S(=O)(=O)[N-]C(=O)Nc2c3c(cc4c2CCC4)CCC3)c(C)n1C.[Na+]. The minimum atomic E-state index is -4.27. The molecule has 2 aromatic rings. The van der Waals surface area contributed by atoms with Crippen LogP contribution in [0.5, 0.6) is 0 Å². The summed E-state index contributed by atoms with van der Waals surface area (Å²) in [4.78, 5) is 13.1. The number of carbonyl (C=O) groups is 1. The molecule has 10 heteroatoms. The van der Waals surface area contributed by atoms with Gasteiger partial charge >= 0.3 is 29.6 Å². The smallest absolute Gasteiger partial charge is 0.423 e. The molecule has 1 N–H and O–H groups in total. The van der Waals surface area contributed by atoms with Crippen molar-refractivity contribution in [3.8, 4) is 0 Å². The summed E-state index contributed by atoms with van der Waals surface area (Å²) >= 11 is 0. The number of hydrogen-bond acceptors (Lipinski definition) is 4. The Morgan fingerprint density at radius 3 is 2.20 bits per heavy atom. The third kappa shape index (κ3) is 5.03. The van der Waals surface area contributed by atoms with E-state index in [0.29, 0.717) is 31.7 Å². The molecule has 3 aliphatic rings. The Balaban J connectivity index is 0.00000289. The monoisotopic (exact) mass is 508 g/mol. The predicted octanol–water partition coefficient (Wildman–Crippen LogP) is 1.46. The van der Waals surface area contributed by atoms with Crippen LogP contribution in [0, 0.1) is 13.8 Å². The van der Waals surface area contributed by atoms with Gasteiger partial charge in [0.15, 0.2) is 6.03 Å². The number of aromatic nitrogens is 1. The molecule has 1 aliphatic heterocycles. The minimum absolute atomic E-state index is 0. The Morgan fingerprint density at radius 1 is 1.06 bits per heavy atom. The molecule has 2 aliphatic carbocycles. The van der Waals surface area contributed by atoms with Crippen molar-refractivity contribution in [1.82, 2.24) is 4.57 Å². The Hall–Kier alpha value is -1.52. The summed E-state index contributed by atoms with van der Waals surface area (Å²) in [6.07, 6.45) is 7.05. The molecule has 1 saturated heterocycles. The number of fused-ring (bicyclic) bond motifs is 2. The van der Waals surface area contributed by atoms with Gasteiger partial charge in [-0.3, -0.25) is 9.10 Å². The summed E-state index contributed by atoms with van der Waals surface area (Å²) in [6, 6.07) is 3.01. The van der Waals surface area contributed by atoms with Crippen LogP contribution in [0.1, 0.15) is 59.3 Å². The van der Waals surface area contributed by atoms with Crippen LogP contribution in [-0.4, -0.2) is 38.3 Å². The maximum Gasteiger partial charge on any atom is 1.00 e. The van der Waals surface area contributed by atoms with Gasteiger partial charge in [0.25, 0.3) is 10.2 Å². The first-order valence-electron chi connectivity index (χ1n) is 12.2. The van der Waals surface area contributed by atoms with E-state index in [1.165, 1.54) is 15.4 Å². The summed E-state index contributed by atoms with van der Waals surface area (Å²) in [5.41, 5.74) is 7.99. The van der Waals surface area contributed by atoms with Crippen LogP contribution >= 0.6 is 0 Å². The number of carbonyl (C=O) groups excluding carboxylic acids is 1. The van der Waals surface area contributed by atoms with E-state index in [9.17, 15) is 13.2 Å². The van der Waals surface area contributed by atoms with Gasteiger partial charge in [-0.15, -0.1) is 0 Å². The first-order valence-corrected chi connectivity index (χ1v) is 13.6. The van der Waals surface area contributed by atoms with E-state index in [4.69, 9.17) is 4.74 Å². The first-order chi connectivity index (χ1) is 16.3. The Bertz CT molecular complexity index is 1200. The molecule has 1 aromatic carbocycles. The van der Waals surface area contributed by atoms with Crippen molar-refractivity contribution in [1.29, 1.82) is 0 Å². The van der Waals surface area contributed by atoms with E-state index in [1.807, 2.05) is 31.5 Å². The van der Waals surface area contributed by atoms with Crippen molar-refractivity contribution in [3.05, 3.63) is 50.5 Å². The number of aryl methyl sites for hydroxylation is 3. The zero-order valence-electron chi connectivity index (χ0n) is 21.2. The van der Waals surface area contributed by atoms with Gasteiger partial charge in [0.1, 0.15) is 0 Å². The van der Waals surface area contributed by atoms with Gasteiger partial charge in [0.2, 0.25) is 0 Å². The largest absolute Gasteiger partial charge is 1.00 e. The number of nitrogens with zero attached hydrogens (tertiary/aromatic N) is 3. The molecular weight excluding hydrogens is 475 g/mol. The zero-order valence-corrected chi connectivity index (χ0v) is 24.0. The minimum Gasteiger partial charge on any atom is -0.423 e. The van der Waals surface area contributed by atoms with E-state index < -0.39 is 16.2 Å². The molecule has 5 rings (SSSR count). The third-order valence-electron chi connectivity index (χ3n) is 7.66. The fourth-order valence-electron chi connectivity index (χ4n) is 5.73. The normalized spacial score (nSPS) is 17.5. The van der Waals surface area contributed by atoms with Crippen LogP contribution in [0.2, 0.25) is 0 Å². The number of hydrogen-bond donors (Lipinski definition) is 1. The van der Waals surface area contributed by atoms with Crippen LogP contribution in [-0.2, 0) is 47.7 Å². The second-order valence-corrected chi connectivity index (χ2v) is 11.2. The molecule has 0 atom stereocenters. The van der Waals surface area contributed by atoms with Crippen molar-refractivity contribution < 1.29 is 47.5 Å². The van der Waals surface area contributed by atoms with E-state index >= 15 is 0 Å². The summed E-state index contributed by atoms with van der Waals surface area (Å²) in [6.45, 7) is 4.79. The van der Waals surface area contributed by atoms with Crippen molar-refractivity contribution >= 4 is 27.6 Å². The average Bonchev–Trinajstić information content (AvgIpc) is 3.51. The molecule has 0 radical (unpaired) electrons. The number of amides is 2. The number of anilines is 2. The van der Waals surface area contributed by atoms with Gasteiger partial charge in [-0.25, -0.2) is 8.42 Å². The molecular formula is C25H33N4NaO4S.